The summed E-state index contributed by atoms with van der Waals surface area (Å²) in [7, 11) is 0. The minimum Gasteiger partial charge on any atom is -0.466 e. The van der Waals surface area contributed by atoms with Crippen molar-refractivity contribution in [1.29, 1.82) is 0 Å². The summed E-state index contributed by atoms with van der Waals surface area (Å²) in [5.41, 5.74) is 0. The number of hydrogen-bond donors (Lipinski definition) is 3. The lowest BCUT2D eigenvalue weighted by molar-refractivity contribution is -0.144. The predicted molar refractivity (Wildman–Crippen MR) is 98.4 cm³/mol. The Morgan fingerprint density at radius 3 is 1.07 bits per heavy atom. The van der Waals surface area contributed by atoms with Gasteiger partial charge in [0.1, 0.15) is 0 Å². The second kappa shape index (κ2) is 13.5. The Labute approximate surface area is 160 Å². The van der Waals surface area contributed by atoms with Gasteiger partial charge < -0.3 is 14.2 Å². The van der Waals surface area contributed by atoms with Crippen molar-refractivity contribution in [2.24, 2.45) is 0 Å². The van der Waals surface area contributed by atoms with E-state index in [9.17, 15) is 14.4 Å². The van der Waals surface area contributed by atoms with E-state index in [4.69, 9.17) is 14.2 Å². The van der Waals surface area contributed by atoms with E-state index < -0.39 is 0 Å². The zero-order valence-corrected chi connectivity index (χ0v) is 16.5. The Bertz CT molecular complexity index is 401. The van der Waals surface area contributed by atoms with E-state index in [-0.39, 0.29) is 55.7 Å². The van der Waals surface area contributed by atoms with Gasteiger partial charge in [0.15, 0.2) is 0 Å². The Hall–Kier alpha value is -1.71. The summed E-state index contributed by atoms with van der Waals surface area (Å²) in [5.74, 6) is -0.734. The lowest BCUT2D eigenvalue weighted by Gasteiger charge is -2.39. The van der Waals surface area contributed by atoms with Gasteiger partial charge in [0.25, 0.3) is 0 Å². The zero-order chi connectivity index (χ0) is 20.1. The van der Waals surface area contributed by atoms with Gasteiger partial charge in [-0.05, 0) is 40.0 Å². The summed E-state index contributed by atoms with van der Waals surface area (Å²) >= 11 is 0. The van der Waals surface area contributed by atoms with Crippen LogP contribution < -0.4 is 16.0 Å². The molecule has 0 unspecified atom stereocenters. The molecule has 0 amide bonds. The summed E-state index contributed by atoms with van der Waals surface area (Å²) in [6.45, 7) is 6.39. The van der Waals surface area contributed by atoms with Gasteiger partial charge in [-0.3, -0.25) is 30.3 Å². The lowest BCUT2D eigenvalue weighted by Crippen LogP contribution is -2.67. The quantitative estimate of drug-likeness (QED) is 0.330. The van der Waals surface area contributed by atoms with Gasteiger partial charge in [-0.15, -0.1) is 0 Å². The van der Waals surface area contributed by atoms with Crippen molar-refractivity contribution in [3.05, 3.63) is 0 Å². The van der Waals surface area contributed by atoms with Gasteiger partial charge in [0.05, 0.1) is 38.3 Å². The lowest BCUT2D eigenvalue weighted by atomic mass is 10.1. The topological polar surface area (TPSA) is 115 Å². The minimum atomic E-state index is -0.245. The molecular formula is C18H33N3O6. The number of carbonyl (C=O) groups excluding carboxylic acids is 3. The molecule has 0 saturated carbocycles. The number of carbonyl (C=O) groups is 3. The van der Waals surface area contributed by atoms with E-state index in [0.29, 0.717) is 39.1 Å². The molecule has 1 fully saturated rings. The fraction of sp³-hybridized carbons (Fsp3) is 0.833. The highest BCUT2D eigenvalue weighted by atomic mass is 16.5. The zero-order valence-electron chi connectivity index (χ0n) is 16.5. The Morgan fingerprint density at radius 1 is 0.593 bits per heavy atom. The molecule has 1 saturated heterocycles. The van der Waals surface area contributed by atoms with Crippen molar-refractivity contribution in [2.45, 2.75) is 77.8 Å². The molecule has 0 aromatic carbocycles. The maximum Gasteiger partial charge on any atom is 0.305 e. The van der Waals surface area contributed by atoms with E-state index in [1.807, 2.05) is 0 Å². The maximum absolute atomic E-state index is 11.6. The molecular weight excluding hydrogens is 354 g/mol. The second-order valence-electron chi connectivity index (χ2n) is 6.19. The molecule has 0 radical (unpaired) electrons. The fourth-order valence-electron chi connectivity index (χ4n) is 2.86. The number of nitrogens with one attached hydrogen (secondary N) is 3. The monoisotopic (exact) mass is 387 g/mol. The van der Waals surface area contributed by atoms with Crippen LogP contribution in [0.3, 0.4) is 0 Å². The number of ether oxygens (including phenoxy) is 3. The first-order valence-electron chi connectivity index (χ1n) is 9.73. The van der Waals surface area contributed by atoms with Crippen LogP contribution in [-0.2, 0) is 28.6 Å². The molecule has 1 aliphatic heterocycles. The van der Waals surface area contributed by atoms with Crippen molar-refractivity contribution in [2.75, 3.05) is 19.8 Å². The summed E-state index contributed by atoms with van der Waals surface area (Å²) in [6.07, 6.45) is 2.11. The van der Waals surface area contributed by atoms with Crippen molar-refractivity contribution in [3.8, 4) is 0 Å². The highest BCUT2D eigenvalue weighted by Crippen LogP contribution is 2.10. The largest absolute Gasteiger partial charge is 0.466 e. The third kappa shape index (κ3) is 10.3. The molecule has 0 atom stereocenters. The normalized spacial score (nSPS) is 22.1. The fourth-order valence-corrected chi connectivity index (χ4v) is 2.86. The van der Waals surface area contributed by atoms with Crippen LogP contribution in [0, 0.1) is 0 Å². The van der Waals surface area contributed by atoms with Crippen LogP contribution in [0.5, 0.6) is 0 Å². The van der Waals surface area contributed by atoms with Gasteiger partial charge >= 0.3 is 17.9 Å². The highest BCUT2D eigenvalue weighted by Gasteiger charge is 2.28. The van der Waals surface area contributed by atoms with Crippen molar-refractivity contribution in [1.82, 2.24) is 16.0 Å². The average Bonchev–Trinajstić information content (AvgIpc) is 2.64. The third-order valence-electron chi connectivity index (χ3n) is 4.03. The summed E-state index contributed by atoms with van der Waals surface area (Å²) in [6, 6.07) is 0. The van der Waals surface area contributed by atoms with Crippen LogP contribution in [0.1, 0.15) is 59.3 Å². The molecule has 3 N–H and O–H groups in total. The Kier molecular flexibility index (Phi) is 11.6. The first-order chi connectivity index (χ1) is 13.0. The van der Waals surface area contributed by atoms with Crippen LogP contribution >= 0.6 is 0 Å². The van der Waals surface area contributed by atoms with Gasteiger partial charge in [0, 0.05) is 19.3 Å². The number of esters is 3. The van der Waals surface area contributed by atoms with Crippen LogP contribution in [0.2, 0.25) is 0 Å². The molecule has 0 bridgehead atoms. The van der Waals surface area contributed by atoms with Crippen LogP contribution in [0.15, 0.2) is 0 Å². The van der Waals surface area contributed by atoms with Crippen molar-refractivity contribution >= 4 is 17.9 Å². The molecule has 0 aliphatic carbocycles. The van der Waals surface area contributed by atoms with E-state index in [2.05, 4.69) is 16.0 Å². The van der Waals surface area contributed by atoms with E-state index >= 15 is 0 Å². The summed E-state index contributed by atoms with van der Waals surface area (Å²) in [5, 5.41) is 10.0. The molecule has 27 heavy (non-hydrogen) atoms. The molecule has 1 heterocycles. The first kappa shape index (κ1) is 23.3. The molecule has 9 nitrogen and oxygen atoms in total. The SMILES string of the molecule is CCOC(=O)CCC1NC(CCC(=O)OCC)NC(CCC(=O)OCC)N1. The molecule has 0 spiro atoms. The molecule has 0 aromatic heterocycles. The predicted octanol–water partition coefficient (Wildman–Crippen LogP) is 0.777. The maximum atomic E-state index is 11.6. The van der Waals surface area contributed by atoms with Gasteiger partial charge in [0.2, 0.25) is 0 Å². The van der Waals surface area contributed by atoms with Crippen LogP contribution in [0.25, 0.3) is 0 Å². The Morgan fingerprint density at radius 2 is 0.852 bits per heavy atom. The number of rotatable bonds is 12. The van der Waals surface area contributed by atoms with Gasteiger partial charge in [-0.2, -0.15) is 0 Å². The summed E-state index contributed by atoms with van der Waals surface area (Å²) < 4.78 is 14.9. The van der Waals surface area contributed by atoms with Crippen molar-refractivity contribution in [3.63, 3.8) is 0 Å². The second-order valence-corrected chi connectivity index (χ2v) is 6.19. The van der Waals surface area contributed by atoms with Crippen molar-refractivity contribution < 1.29 is 28.6 Å². The smallest absolute Gasteiger partial charge is 0.305 e. The van der Waals surface area contributed by atoms with E-state index in [1.54, 1.807) is 20.8 Å². The summed E-state index contributed by atoms with van der Waals surface area (Å²) in [4.78, 5) is 34.8. The molecule has 9 heteroatoms. The number of hydrogen-bond acceptors (Lipinski definition) is 9. The third-order valence-corrected chi connectivity index (χ3v) is 4.03. The standard InChI is InChI=1S/C18H33N3O6/c1-4-25-16(22)10-7-13-19-14(8-11-17(23)26-5-2)21-15(20-13)9-12-18(24)27-6-3/h13-15,19-21H,4-12H2,1-3H3. The molecule has 0 aromatic rings. The Balaban J connectivity index is 2.55. The van der Waals surface area contributed by atoms with E-state index in [1.165, 1.54) is 0 Å². The molecule has 1 rings (SSSR count). The first-order valence-corrected chi connectivity index (χ1v) is 9.73. The molecule has 1 aliphatic rings. The average molecular weight is 387 g/mol. The van der Waals surface area contributed by atoms with Crippen LogP contribution in [0.4, 0.5) is 0 Å². The van der Waals surface area contributed by atoms with Gasteiger partial charge in [-0.25, -0.2) is 0 Å². The minimum absolute atomic E-state index is 0.130. The van der Waals surface area contributed by atoms with E-state index in [0.717, 1.165) is 0 Å². The molecule has 156 valence electrons. The van der Waals surface area contributed by atoms with Gasteiger partial charge in [-0.1, -0.05) is 0 Å². The van der Waals surface area contributed by atoms with Crippen LogP contribution in [-0.4, -0.2) is 56.2 Å². The highest BCUT2D eigenvalue weighted by molar-refractivity contribution is 5.70.